The number of hydrogen-bond donors (Lipinski definition) is 2. The molecule has 3 heterocycles. The van der Waals surface area contributed by atoms with E-state index in [1.165, 1.54) is 32.4 Å². The highest BCUT2D eigenvalue weighted by atomic mass is 16.1. The summed E-state index contributed by atoms with van der Waals surface area (Å²) in [6.45, 7) is 2.36. The molecule has 0 radical (unpaired) electrons. The van der Waals surface area contributed by atoms with E-state index >= 15 is 0 Å². The predicted molar refractivity (Wildman–Crippen MR) is 79.0 cm³/mol. The molecule has 1 amide bonds. The smallest absolute Gasteiger partial charge is 0.251 e. The van der Waals surface area contributed by atoms with Crippen LogP contribution in [0, 0.1) is 0 Å². The molecule has 0 aliphatic carbocycles. The standard InChI is InChI=1S/C15H19N5O/c21-15(10-5-6-11-13(9-10)18-19-17-11)16-12-3-1-7-20-8-2-4-14(12)20/h5-6,9,12,14H,1-4,7-8H2,(H,16,21)(H,17,18,19)/t12-,14-/m0/s1. The van der Waals surface area contributed by atoms with Crippen molar-refractivity contribution in [3.63, 3.8) is 0 Å². The van der Waals surface area contributed by atoms with Crippen LogP contribution >= 0.6 is 0 Å². The maximum absolute atomic E-state index is 12.5. The van der Waals surface area contributed by atoms with Crippen LogP contribution in [0.3, 0.4) is 0 Å². The van der Waals surface area contributed by atoms with Gasteiger partial charge in [0.25, 0.3) is 5.91 Å². The fourth-order valence-electron chi connectivity index (χ4n) is 3.69. The molecular formula is C15H19N5O. The van der Waals surface area contributed by atoms with Gasteiger partial charge < -0.3 is 5.32 Å². The van der Waals surface area contributed by atoms with Crippen LogP contribution in [0.5, 0.6) is 0 Å². The van der Waals surface area contributed by atoms with Crippen LogP contribution in [0.4, 0.5) is 0 Å². The van der Waals surface area contributed by atoms with Gasteiger partial charge in [0.1, 0.15) is 11.0 Å². The molecule has 2 aliphatic heterocycles. The summed E-state index contributed by atoms with van der Waals surface area (Å²) in [6.07, 6.45) is 4.71. The Bertz CT molecular complexity index is 667. The van der Waals surface area contributed by atoms with Gasteiger partial charge in [0.05, 0.1) is 0 Å². The number of carbonyl (C=O) groups excluding carboxylic acids is 1. The Morgan fingerprint density at radius 3 is 2.90 bits per heavy atom. The lowest BCUT2D eigenvalue weighted by Crippen LogP contribution is -2.52. The third kappa shape index (κ3) is 2.29. The minimum Gasteiger partial charge on any atom is -0.348 e. The number of carbonyl (C=O) groups is 1. The van der Waals surface area contributed by atoms with E-state index in [0.29, 0.717) is 11.6 Å². The van der Waals surface area contributed by atoms with E-state index in [1.807, 2.05) is 12.1 Å². The molecule has 2 saturated heterocycles. The van der Waals surface area contributed by atoms with Crippen LogP contribution in [0.2, 0.25) is 0 Å². The summed E-state index contributed by atoms with van der Waals surface area (Å²) in [5.74, 6) is -0.00125. The molecule has 1 aromatic carbocycles. The lowest BCUT2D eigenvalue weighted by Gasteiger charge is -2.37. The molecule has 0 bridgehead atoms. The Morgan fingerprint density at radius 1 is 1.19 bits per heavy atom. The fraction of sp³-hybridized carbons (Fsp3) is 0.533. The number of aromatic amines is 1. The average Bonchev–Trinajstić information content (AvgIpc) is 3.15. The molecule has 2 N–H and O–H groups in total. The molecule has 2 aromatic rings. The number of nitrogens with one attached hydrogen (secondary N) is 2. The third-order valence-corrected chi connectivity index (χ3v) is 4.73. The summed E-state index contributed by atoms with van der Waals surface area (Å²) in [4.78, 5) is 15.0. The van der Waals surface area contributed by atoms with Crippen molar-refractivity contribution in [2.24, 2.45) is 0 Å². The first-order valence-electron chi connectivity index (χ1n) is 7.67. The van der Waals surface area contributed by atoms with E-state index < -0.39 is 0 Å². The zero-order valence-electron chi connectivity index (χ0n) is 11.9. The number of amides is 1. The van der Waals surface area contributed by atoms with Gasteiger partial charge in [-0.05, 0) is 57.0 Å². The molecule has 21 heavy (non-hydrogen) atoms. The van der Waals surface area contributed by atoms with Crippen LogP contribution in [0.25, 0.3) is 11.0 Å². The largest absolute Gasteiger partial charge is 0.348 e. The number of nitrogens with zero attached hydrogens (tertiary/aromatic N) is 3. The number of benzene rings is 1. The Kier molecular flexibility index (Phi) is 3.11. The molecule has 2 atom stereocenters. The number of piperidine rings is 1. The maximum Gasteiger partial charge on any atom is 0.251 e. The monoisotopic (exact) mass is 285 g/mol. The van der Waals surface area contributed by atoms with Crippen molar-refractivity contribution in [1.29, 1.82) is 0 Å². The van der Waals surface area contributed by atoms with Crippen molar-refractivity contribution in [3.05, 3.63) is 23.8 Å². The molecular weight excluding hydrogens is 266 g/mol. The van der Waals surface area contributed by atoms with Gasteiger partial charge in [0.15, 0.2) is 0 Å². The predicted octanol–water partition coefficient (Wildman–Crippen LogP) is 1.31. The van der Waals surface area contributed by atoms with Crippen molar-refractivity contribution < 1.29 is 4.79 Å². The van der Waals surface area contributed by atoms with Crippen LogP contribution < -0.4 is 5.32 Å². The van der Waals surface area contributed by atoms with E-state index in [1.54, 1.807) is 6.07 Å². The Balaban J connectivity index is 1.51. The van der Waals surface area contributed by atoms with Gasteiger partial charge in [-0.1, -0.05) is 0 Å². The fourth-order valence-corrected chi connectivity index (χ4v) is 3.69. The van der Waals surface area contributed by atoms with Gasteiger partial charge in [0.2, 0.25) is 0 Å². The molecule has 6 heteroatoms. The van der Waals surface area contributed by atoms with Crippen molar-refractivity contribution in [2.75, 3.05) is 13.1 Å². The second-order valence-corrected chi connectivity index (χ2v) is 5.99. The number of hydrogen-bond acceptors (Lipinski definition) is 4. The molecule has 0 saturated carbocycles. The normalized spacial score (nSPS) is 25.9. The minimum absolute atomic E-state index is 0.00125. The number of fused-ring (bicyclic) bond motifs is 2. The molecule has 2 fully saturated rings. The highest BCUT2D eigenvalue weighted by Gasteiger charge is 2.35. The minimum atomic E-state index is -0.00125. The quantitative estimate of drug-likeness (QED) is 0.872. The van der Waals surface area contributed by atoms with Gasteiger partial charge in [-0.2, -0.15) is 15.4 Å². The molecule has 4 rings (SSSR count). The summed E-state index contributed by atoms with van der Waals surface area (Å²) in [6, 6.07) is 6.25. The number of rotatable bonds is 2. The lowest BCUT2D eigenvalue weighted by molar-refractivity contribution is 0.0868. The summed E-state index contributed by atoms with van der Waals surface area (Å²) in [5, 5.41) is 13.8. The van der Waals surface area contributed by atoms with Gasteiger partial charge in [0, 0.05) is 17.6 Å². The lowest BCUT2D eigenvalue weighted by atomic mass is 9.96. The van der Waals surface area contributed by atoms with Gasteiger partial charge in [-0.3, -0.25) is 9.69 Å². The Morgan fingerprint density at radius 2 is 2.00 bits per heavy atom. The SMILES string of the molecule is O=C(N[C@H]1CCCN2CCC[C@@H]12)c1ccc2n[nH]nc2c1. The zero-order valence-corrected chi connectivity index (χ0v) is 11.9. The highest BCUT2D eigenvalue weighted by molar-refractivity contribution is 5.97. The Labute approximate surface area is 122 Å². The van der Waals surface area contributed by atoms with Gasteiger partial charge in [-0.15, -0.1) is 0 Å². The zero-order chi connectivity index (χ0) is 14.2. The molecule has 110 valence electrons. The second-order valence-electron chi connectivity index (χ2n) is 5.99. The summed E-state index contributed by atoms with van der Waals surface area (Å²) >= 11 is 0. The number of H-pyrrole nitrogens is 1. The van der Waals surface area contributed by atoms with Crippen LogP contribution in [0.15, 0.2) is 18.2 Å². The van der Waals surface area contributed by atoms with Crippen molar-refractivity contribution in [3.8, 4) is 0 Å². The van der Waals surface area contributed by atoms with Crippen LogP contribution in [-0.2, 0) is 0 Å². The molecule has 2 aliphatic rings. The summed E-state index contributed by atoms with van der Waals surface area (Å²) < 4.78 is 0. The third-order valence-electron chi connectivity index (χ3n) is 4.73. The maximum atomic E-state index is 12.5. The first-order valence-corrected chi connectivity index (χ1v) is 7.67. The van der Waals surface area contributed by atoms with Gasteiger partial charge >= 0.3 is 0 Å². The summed E-state index contributed by atoms with van der Waals surface area (Å²) in [7, 11) is 0. The van der Waals surface area contributed by atoms with E-state index in [-0.39, 0.29) is 11.9 Å². The first kappa shape index (κ1) is 12.8. The van der Waals surface area contributed by atoms with E-state index in [0.717, 1.165) is 17.5 Å². The van der Waals surface area contributed by atoms with Crippen molar-refractivity contribution in [2.45, 2.75) is 37.8 Å². The summed E-state index contributed by atoms with van der Waals surface area (Å²) in [5.41, 5.74) is 2.17. The van der Waals surface area contributed by atoms with E-state index in [9.17, 15) is 4.79 Å². The molecule has 0 spiro atoms. The molecule has 0 unspecified atom stereocenters. The first-order chi connectivity index (χ1) is 10.3. The van der Waals surface area contributed by atoms with E-state index in [4.69, 9.17) is 0 Å². The van der Waals surface area contributed by atoms with Crippen LogP contribution in [0.1, 0.15) is 36.0 Å². The van der Waals surface area contributed by atoms with Gasteiger partial charge in [-0.25, -0.2) is 0 Å². The molecule has 6 nitrogen and oxygen atoms in total. The topological polar surface area (TPSA) is 73.9 Å². The van der Waals surface area contributed by atoms with Crippen LogP contribution in [-0.4, -0.2) is 51.4 Å². The van der Waals surface area contributed by atoms with Crippen molar-refractivity contribution in [1.82, 2.24) is 25.6 Å². The number of aromatic nitrogens is 3. The Hall–Kier alpha value is -1.95. The molecule has 1 aromatic heterocycles. The average molecular weight is 285 g/mol. The highest BCUT2D eigenvalue weighted by Crippen LogP contribution is 2.27. The van der Waals surface area contributed by atoms with E-state index in [2.05, 4.69) is 25.6 Å². The van der Waals surface area contributed by atoms with Crippen molar-refractivity contribution >= 4 is 16.9 Å². The second kappa shape index (κ2) is 5.11.